The summed E-state index contributed by atoms with van der Waals surface area (Å²) in [6.07, 6.45) is 2.30. The van der Waals surface area contributed by atoms with Gasteiger partial charge in [-0.1, -0.05) is 0 Å². The molecule has 2 aliphatic rings. The molecule has 0 atom stereocenters. The largest absolute Gasteiger partial charge is 0.369 e. The van der Waals surface area contributed by atoms with Crippen LogP contribution in [-0.2, 0) is 0 Å². The van der Waals surface area contributed by atoms with Crippen molar-refractivity contribution in [3.8, 4) is 0 Å². The molecule has 2 fully saturated rings. The molecule has 3 rings (SSSR count). The van der Waals surface area contributed by atoms with Crippen LogP contribution < -0.4 is 10.6 Å². The monoisotopic (exact) mass is 249 g/mol. The van der Waals surface area contributed by atoms with Crippen LogP contribution in [0, 0.1) is 5.82 Å². The van der Waals surface area contributed by atoms with Crippen LogP contribution in [0.4, 0.5) is 10.1 Å². The number of anilines is 1. The first-order chi connectivity index (χ1) is 8.72. The molecule has 1 aliphatic heterocycles. The lowest BCUT2D eigenvalue weighted by Gasteiger charge is -2.45. The van der Waals surface area contributed by atoms with E-state index in [1.165, 1.54) is 12.1 Å². The molecule has 0 radical (unpaired) electrons. The fraction of sp³-hybridized carbons (Fsp3) is 0.571. The molecule has 4 heteroatoms. The molecule has 1 aliphatic carbocycles. The van der Waals surface area contributed by atoms with E-state index < -0.39 is 0 Å². The van der Waals surface area contributed by atoms with Gasteiger partial charge in [0.05, 0.1) is 0 Å². The first kappa shape index (κ1) is 11.9. The van der Waals surface area contributed by atoms with Crippen molar-refractivity contribution in [1.29, 1.82) is 0 Å². The van der Waals surface area contributed by atoms with Gasteiger partial charge < -0.3 is 10.6 Å². The molecule has 1 saturated heterocycles. The number of nitrogens with zero attached hydrogens (tertiary/aromatic N) is 2. The quantitative estimate of drug-likeness (QED) is 0.861. The van der Waals surface area contributed by atoms with Crippen LogP contribution in [0.3, 0.4) is 0 Å². The highest BCUT2D eigenvalue weighted by molar-refractivity contribution is 5.46. The zero-order chi connectivity index (χ0) is 12.5. The second kappa shape index (κ2) is 4.86. The molecule has 0 bridgehead atoms. The minimum atomic E-state index is -0.166. The first-order valence-electron chi connectivity index (χ1n) is 6.72. The van der Waals surface area contributed by atoms with Gasteiger partial charge in [-0.3, -0.25) is 4.90 Å². The van der Waals surface area contributed by atoms with Gasteiger partial charge in [0, 0.05) is 44.0 Å². The molecular formula is C14H20FN3. The summed E-state index contributed by atoms with van der Waals surface area (Å²) in [6.45, 7) is 4.23. The summed E-state index contributed by atoms with van der Waals surface area (Å²) < 4.78 is 12.9. The van der Waals surface area contributed by atoms with Crippen LogP contribution in [-0.4, -0.2) is 43.2 Å². The summed E-state index contributed by atoms with van der Waals surface area (Å²) in [4.78, 5) is 4.87. The van der Waals surface area contributed by atoms with Crippen molar-refractivity contribution in [2.75, 3.05) is 31.1 Å². The summed E-state index contributed by atoms with van der Waals surface area (Å²) in [5.41, 5.74) is 6.96. The number of hydrogen-bond donors (Lipinski definition) is 1. The molecular weight excluding hydrogens is 229 g/mol. The van der Waals surface area contributed by atoms with Crippen molar-refractivity contribution in [3.05, 3.63) is 30.1 Å². The van der Waals surface area contributed by atoms with Crippen molar-refractivity contribution in [2.24, 2.45) is 5.73 Å². The average Bonchev–Trinajstić information content (AvgIpc) is 2.36. The first-order valence-corrected chi connectivity index (χ1v) is 6.72. The van der Waals surface area contributed by atoms with Crippen LogP contribution >= 0.6 is 0 Å². The Balaban J connectivity index is 1.55. The smallest absolute Gasteiger partial charge is 0.123 e. The van der Waals surface area contributed by atoms with Crippen LogP contribution in [0.25, 0.3) is 0 Å². The van der Waals surface area contributed by atoms with Crippen LogP contribution in [0.2, 0.25) is 0 Å². The van der Waals surface area contributed by atoms with E-state index in [0.717, 1.165) is 44.7 Å². The summed E-state index contributed by atoms with van der Waals surface area (Å²) in [5, 5.41) is 0. The topological polar surface area (TPSA) is 32.5 Å². The number of benzene rings is 1. The van der Waals surface area contributed by atoms with Gasteiger partial charge in [0.25, 0.3) is 0 Å². The van der Waals surface area contributed by atoms with Gasteiger partial charge in [-0.05, 0) is 37.1 Å². The fourth-order valence-corrected chi connectivity index (χ4v) is 2.93. The molecule has 1 heterocycles. The van der Waals surface area contributed by atoms with Gasteiger partial charge in [0.2, 0.25) is 0 Å². The number of piperazine rings is 1. The second-order valence-corrected chi connectivity index (χ2v) is 5.38. The average molecular weight is 249 g/mol. The highest BCUT2D eigenvalue weighted by Crippen LogP contribution is 2.26. The lowest BCUT2D eigenvalue weighted by atomic mass is 9.86. The number of hydrogen-bond acceptors (Lipinski definition) is 3. The Morgan fingerprint density at radius 2 is 1.61 bits per heavy atom. The summed E-state index contributed by atoms with van der Waals surface area (Å²) in [7, 11) is 0. The zero-order valence-corrected chi connectivity index (χ0v) is 10.6. The fourth-order valence-electron chi connectivity index (χ4n) is 2.93. The Morgan fingerprint density at radius 1 is 1.00 bits per heavy atom. The maximum Gasteiger partial charge on any atom is 0.123 e. The maximum absolute atomic E-state index is 12.9. The molecule has 98 valence electrons. The zero-order valence-electron chi connectivity index (χ0n) is 10.6. The normalized spacial score (nSPS) is 29.1. The van der Waals surface area contributed by atoms with E-state index in [4.69, 9.17) is 5.73 Å². The van der Waals surface area contributed by atoms with Crippen LogP contribution in [0.5, 0.6) is 0 Å². The van der Waals surface area contributed by atoms with Crippen LogP contribution in [0.15, 0.2) is 24.3 Å². The van der Waals surface area contributed by atoms with E-state index >= 15 is 0 Å². The van der Waals surface area contributed by atoms with Gasteiger partial charge >= 0.3 is 0 Å². The SMILES string of the molecule is NC1CC(N2CCN(c3ccc(F)cc3)CC2)C1. The lowest BCUT2D eigenvalue weighted by molar-refractivity contribution is 0.104. The third-order valence-electron chi connectivity index (χ3n) is 4.17. The lowest BCUT2D eigenvalue weighted by Crippen LogP contribution is -2.56. The second-order valence-electron chi connectivity index (χ2n) is 5.38. The van der Waals surface area contributed by atoms with Crippen LogP contribution in [0.1, 0.15) is 12.8 Å². The van der Waals surface area contributed by atoms with Crippen molar-refractivity contribution in [1.82, 2.24) is 4.90 Å². The van der Waals surface area contributed by atoms with Gasteiger partial charge in [-0.2, -0.15) is 0 Å². The van der Waals surface area contributed by atoms with Crippen molar-refractivity contribution >= 4 is 5.69 Å². The Bertz CT molecular complexity index is 392. The predicted octanol–water partition coefficient (Wildman–Crippen LogP) is 1.44. The molecule has 0 unspecified atom stereocenters. The van der Waals surface area contributed by atoms with Gasteiger partial charge in [-0.25, -0.2) is 4.39 Å². The summed E-state index contributed by atoms with van der Waals surface area (Å²) in [5.74, 6) is -0.166. The minimum Gasteiger partial charge on any atom is -0.369 e. The van der Waals surface area contributed by atoms with Crippen molar-refractivity contribution < 1.29 is 4.39 Å². The Kier molecular flexibility index (Phi) is 3.22. The molecule has 0 amide bonds. The van der Waals surface area contributed by atoms with E-state index in [0.29, 0.717) is 12.1 Å². The van der Waals surface area contributed by atoms with Gasteiger partial charge in [0.1, 0.15) is 5.82 Å². The molecule has 1 aromatic carbocycles. The van der Waals surface area contributed by atoms with E-state index in [2.05, 4.69) is 9.80 Å². The maximum atomic E-state index is 12.9. The molecule has 3 nitrogen and oxygen atoms in total. The standard InChI is InChI=1S/C14H20FN3/c15-11-1-3-13(4-2-11)17-5-7-18(8-6-17)14-9-12(16)10-14/h1-4,12,14H,5-10,16H2. The van der Waals surface area contributed by atoms with E-state index in [9.17, 15) is 4.39 Å². The highest BCUT2D eigenvalue weighted by Gasteiger charge is 2.32. The Morgan fingerprint density at radius 3 is 2.17 bits per heavy atom. The van der Waals surface area contributed by atoms with Crippen molar-refractivity contribution in [3.63, 3.8) is 0 Å². The minimum absolute atomic E-state index is 0.166. The van der Waals surface area contributed by atoms with Gasteiger partial charge in [-0.15, -0.1) is 0 Å². The highest BCUT2D eigenvalue weighted by atomic mass is 19.1. The predicted molar refractivity (Wildman–Crippen MR) is 71.2 cm³/mol. The Hall–Kier alpha value is -1.13. The molecule has 18 heavy (non-hydrogen) atoms. The van der Waals surface area contributed by atoms with E-state index in [1.54, 1.807) is 0 Å². The number of rotatable bonds is 2. The molecule has 2 N–H and O–H groups in total. The Labute approximate surface area is 107 Å². The molecule has 1 saturated carbocycles. The summed E-state index contributed by atoms with van der Waals surface area (Å²) >= 11 is 0. The molecule has 0 spiro atoms. The van der Waals surface area contributed by atoms with E-state index in [-0.39, 0.29) is 5.82 Å². The molecule has 0 aromatic heterocycles. The van der Waals surface area contributed by atoms with Gasteiger partial charge in [0.15, 0.2) is 0 Å². The third kappa shape index (κ3) is 2.35. The number of nitrogens with two attached hydrogens (primary N) is 1. The van der Waals surface area contributed by atoms with E-state index in [1.807, 2.05) is 12.1 Å². The number of halogens is 1. The van der Waals surface area contributed by atoms with Crippen molar-refractivity contribution in [2.45, 2.75) is 24.9 Å². The molecule has 1 aromatic rings. The summed E-state index contributed by atoms with van der Waals surface area (Å²) in [6, 6.07) is 7.92. The third-order valence-corrected chi connectivity index (χ3v) is 4.17.